The summed E-state index contributed by atoms with van der Waals surface area (Å²) >= 11 is 0. The van der Waals surface area contributed by atoms with Gasteiger partial charge in [0, 0.05) is 30.0 Å². The lowest BCUT2D eigenvalue weighted by Gasteiger charge is -2.34. The molecule has 2 aromatic rings. The summed E-state index contributed by atoms with van der Waals surface area (Å²) in [6.07, 6.45) is 1.29. The molecule has 2 atom stereocenters. The fourth-order valence-corrected chi connectivity index (χ4v) is 4.10. The largest absolute Gasteiger partial charge is 0.329 e. The average Bonchev–Trinajstić information content (AvgIpc) is 2.61. The van der Waals surface area contributed by atoms with Crippen LogP contribution in [-0.4, -0.2) is 11.7 Å². The number of halogens is 1. The van der Waals surface area contributed by atoms with Crippen LogP contribution in [0.4, 0.5) is 4.39 Å². The van der Waals surface area contributed by atoms with E-state index >= 15 is 0 Å². The second-order valence-electron chi connectivity index (χ2n) is 7.19. The van der Waals surface area contributed by atoms with Crippen LogP contribution in [0.5, 0.6) is 0 Å². The molecule has 1 aliphatic heterocycles. The van der Waals surface area contributed by atoms with E-state index in [4.69, 9.17) is 0 Å². The molecule has 0 spiro atoms. The lowest BCUT2D eigenvalue weighted by molar-refractivity contribution is -0.122. The summed E-state index contributed by atoms with van der Waals surface area (Å²) in [7, 11) is 0. The van der Waals surface area contributed by atoms with Crippen LogP contribution in [0.2, 0.25) is 0 Å². The van der Waals surface area contributed by atoms with E-state index in [9.17, 15) is 14.0 Å². The van der Waals surface area contributed by atoms with Gasteiger partial charge in [-0.15, -0.1) is 0 Å². The molecule has 0 bridgehead atoms. The van der Waals surface area contributed by atoms with Crippen LogP contribution in [0.15, 0.2) is 59.8 Å². The minimum Gasteiger partial charge on any atom is -0.329 e. The maximum absolute atomic E-state index is 13.2. The molecular formula is C22H20FNO2. The first-order valence-electron chi connectivity index (χ1n) is 8.89. The van der Waals surface area contributed by atoms with Gasteiger partial charge in [-0.25, -0.2) is 4.39 Å². The van der Waals surface area contributed by atoms with E-state index in [-0.39, 0.29) is 29.3 Å². The number of allylic oxidation sites excluding steroid dienone is 2. The van der Waals surface area contributed by atoms with E-state index in [1.54, 1.807) is 12.1 Å². The van der Waals surface area contributed by atoms with Crippen molar-refractivity contribution in [1.29, 1.82) is 0 Å². The number of carbonyl (C=O) groups is 2. The van der Waals surface area contributed by atoms with Crippen LogP contribution in [0.1, 0.15) is 47.8 Å². The van der Waals surface area contributed by atoms with E-state index in [1.807, 2.05) is 31.2 Å². The van der Waals surface area contributed by atoms with E-state index in [1.165, 1.54) is 12.1 Å². The third-order valence-corrected chi connectivity index (χ3v) is 5.32. The molecule has 2 aliphatic rings. The highest BCUT2D eigenvalue weighted by Crippen LogP contribution is 2.42. The van der Waals surface area contributed by atoms with Crippen molar-refractivity contribution in [1.82, 2.24) is 5.32 Å². The molecule has 1 heterocycles. The Hall–Kier alpha value is -2.75. The molecular weight excluding hydrogens is 329 g/mol. The van der Waals surface area contributed by atoms with Crippen molar-refractivity contribution >= 4 is 11.7 Å². The first-order valence-corrected chi connectivity index (χ1v) is 8.89. The molecule has 0 aromatic heterocycles. The standard InChI is InChI=1S/C22H20FNO2/c1-13-3-2-4-15(9-13)18-12-21(26)24-19-10-16(11-20(25)22(18)19)14-5-7-17(23)8-6-14/h2-9,16,18H,10-12H2,1H3,(H,24,26)/t16-,18+/m0/s1. The summed E-state index contributed by atoms with van der Waals surface area (Å²) in [6.45, 7) is 2.01. The monoisotopic (exact) mass is 349 g/mol. The molecule has 1 amide bonds. The number of hydrogen-bond donors (Lipinski definition) is 1. The van der Waals surface area contributed by atoms with Gasteiger partial charge in [-0.05, 0) is 42.5 Å². The summed E-state index contributed by atoms with van der Waals surface area (Å²) in [5.74, 6) is -0.477. The van der Waals surface area contributed by atoms with Gasteiger partial charge in [-0.1, -0.05) is 42.0 Å². The highest BCUT2D eigenvalue weighted by atomic mass is 19.1. The van der Waals surface area contributed by atoms with Crippen molar-refractivity contribution in [2.45, 2.75) is 38.0 Å². The Labute approximate surface area is 151 Å². The van der Waals surface area contributed by atoms with Crippen molar-refractivity contribution < 1.29 is 14.0 Å². The molecule has 4 heteroatoms. The van der Waals surface area contributed by atoms with E-state index in [2.05, 4.69) is 5.32 Å². The second kappa shape index (κ2) is 6.52. The number of carbonyl (C=O) groups excluding carboxylic acids is 2. The Balaban J connectivity index is 1.71. The van der Waals surface area contributed by atoms with E-state index < -0.39 is 0 Å². The fourth-order valence-electron chi connectivity index (χ4n) is 4.10. The van der Waals surface area contributed by atoms with E-state index in [0.717, 1.165) is 28.0 Å². The number of Topliss-reactive ketones (excluding diaryl/α,β-unsaturated/α-hetero) is 1. The van der Waals surface area contributed by atoms with Crippen LogP contribution < -0.4 is 5.32 Å². The minimum absolute atomic E-state index is 0.0293. The molecule has 26 heavy (non-hydrogen) atoms. The normalized spacial score (nSPS) is 22.8. The lowest BCUT2D eigenvalue weighted by Crippen LogP contribution is -2.38. The molecule has 0 fully saturated rings. The summed E-state index contributed by atoms with van der Waals surface area (Å²) in [6, 6.07) is 14.3. The van der Waals surface area contributed by atoms with Crippen LogP contribution >= 0.6 is 0 Å². The molecule has 0 radical (unpaired) electrons. The molecule has 1 aliphatic carbocycles. The van der Waals surface area contributed by atoms with Gasteiger partial charge in [-0.2, -0.15) is 0 Å². The average molecular weight is 349 g/mol. The second-order valence-corrected chi connectivity index (χ2v) is 7.19. The molecule has 1 N–H and O–H groups in total. The predicted octanol–water partition coefficient (Wildman–Crippen LogP) is 4.14. The van der Waals surface area contributed by atoms with Gasteiger partial charge < -0.3 is 5.32 Å². The Kier molecular flexibility index (Phi) is 4.19. The third kappa shape index (κ3) is 3.07. The van der Waals surface area contributed by atoms with Crippen LogP contribution in [-0.2, 0) is 9.59 Å². The molecule has 0 unspecified atom stereocenters. The van der Waals surface area contributed by atoms with Gasteiger partial charge in [0.05, 0.1) is 0 Å². The fraction of sp³-hybridized carbons (Fsp3) is 0.273. The van der Waals surface area contributed by atoms with Gasteiger partial charge in [-0.3, -0.25) is 9.59 Å². The molecule has 0 saturated carbocycles. The SMILES string of the molecule is Cc1cccc([C@H]2CC(=O)NC3=C2C(=O)C[C@@H](c2ccc(F)cc2)C3)c1. The van der Waals surface area contributed by atoms with Gasteiger partial charge in [0.2, 0.25) is 5.91 Å². The Bertz CT molecular complexity index is 914. The lowest BCUT2D eigenvalue weighted by atomic mass is 9.73. The zero-order valence-electron chi connectivity index (χ0n) is 14.6. The van der Waals surface area contributed by atoms with Crippen molar-refractivity contribution in [2.75, 3.05) is 0 Å². The van der Waals surface area contributed by atoms with Gasteiger partial charge >= 0.3 is 0 Å². The summed E-state index contributed by atoms with van der Waals surface area (Å²) in [4.78, 5) is 25.2. The van der Waals surface area contributed by atoms with Crippen molar-refractivity contribution in [2.24, 2.45) is 0 Å². The number of aryl methyl sites for hydroxylation is 1. The van der Waals surface area contributed by atoms with E-state index in [0.29, 0.717) is 19.3 Å². The maximum Gasteiger partial charge on any atom is 0.225 e. The van der Waals surface area contributed by atoms with Crippen molar-refractivity contribution in [3.63, 3.8) is 0 Å². The number of nitrogens with one attached hydrogen (secondary N) is 1. The van der Waals surface area contributed by atoms with Crippen LogP contribution in [0.3, 0.4) is 0 Å². The van der Waals surface area contributed by atoms with Crippen molar-refractivity contribution in [3.05, 3.63) is 82.3 Å². The highest BCUT2D eigenvalue weighted by molar-refractivity contribution is 6.02. The first kappa shape index (κ1) is 16.7. The number of rotatable bonds is 2. The van der Waals surface area contributed by atoms with Crippen molar-refractivity contribution in [3.8, 4) is 0 Å². The molecule has 2 aromatic carbocycles. The third-order valence-electron chi connectivity index (χ3n) is 5.32. The topological polar surface area (TPSA) is 46.2 Å². The molecule has 0 saturated heterocycles. The Morgan fingerprint density at radius 2 is 1.73 bits per heavy atom. The van der Waals surface area contributed by atoms with Gasteiger partial charge in [0.1, 0.15) is 5.82 Å². The summed E-state index contributed by atoms with van der Waals surface area (Å²) < 4.78 is 13.2. The zero-order valence-corrected chi connectivity index (χ0v) is 14.6. The van der Waals surface area contributed by atoms with Crippen LogP contribution in [0, 0.1) is 12.7 Å². The maximum atomic E-state index is 13.2. The van der Waals surface area contributed by atoms with Gasteiger partial charge in [0.15, 0.2) is 5.78 Å². The minimum atomic E-state index is -0.290. The molecule has 4 rings (SSSR count). The van der Waals surface area contributed by atoms with Gasteiger partial charge in [0.25, 0.3) is 0 Å². The molecule has 132 valence electrons. The smallest absolute Gasteiger partial charge is 0.225 e. The predicted molar refractivity (Wildman–Crippen MR) is 97.1 cm³/mol. The molecule has 3 nitrogen and oxygen atoms in total. The Morgan fingerprint density at radius 3 is 2.46 bits per heavy atom. The summed E-state index contributed by atoms with van der Waals surface area (Å²) in [5, 5.41) is 2.92. The number of ketones is 1. The first-order chi connectivity index (χ1) is 12.5. The van der Waals surface area contributed by atoms with Crippen LogP contribution in [0.25, 0.3) is 0 Å². The zero-order chi connectivity index (χ0) is 18.3. The number of hydrogen-bond acceptors (Lipinski definition) is 2. The number of benzene rings is 2. The quantitative estimate of drug-likeness (QED) is 0.886. The number of amides is 1. The Morgan fingerprint density at radius 1 is 0.962 bits per heavy atom. The summed E-state index contributed by atoms with van der Waals surface area (Å²) in [5.41, 5.74) is 4.54. The highest BCUT2D eigenvalue weighted by Gasteiger charge is 2.38.